The second-order valence-electron chi connectivity index (χ2n) is 8.90. The first-order valence-corrected chi connectivity index (χ1v) is 14.6. The molecule has 2 aromatic heterocycles. The number of methoxy groups -OCH3 is 1. The highest BCUT2D eigenvalue weighted by atomic mass is 79.9. The molecule has 4 aromatic rings. The van der Waals surface area contributed by atoms with Crippen LogP contribution in [0.5, 0.6) is 11.5 Å². The zero-order valence-electron chi connectivity index (χ0n) is 20.8. The van der Waals surface area contributed by atoms with Crippen molar-refractivity contribution < 1.29 is 14.6 Å². The Balaban J connectivity index is 1.40. The number of amides is 1. The number of hydrazone groups is 1. The Morgan fingerprint density at radius 1 is 1.29 bits per heavy atom. The van der Waals surface area contributed by atoms with Crippen LogP contribution in [0.3, 0.4) is 0 Å². The Morgan fingerprint density at radius 2 is 2.05 bits per heavy atom. The summed E-state index contributed by atoms with van der Waals surface area (Å²) >= 11 is 6.05. The maximum atomic E-state index is 13.8. The van der Waals surface area contributed by atoms with Gasteiger partial charge in [0.05, 0.1) is 34.6 Å². The fourth-order valence-electron chi connectivity index (χ4n) is 4.37. The number of aromatic hydroxyl groups is 1. The van der Waals surface area contributed by atoms with Gasteiger partial charge in [-0.25, -0.2) is 10.4 Å². The summed E-state index contributed by atoms with van der Waals surface area (Å²) in [5.74, 6) is -0.0462. The van der Waals surface area contributed by atoms with Crippen LogP contribution in [-0.2, 0) is 17.6 Å². The summed E-state index contributed by atoms with van der Waals surface area (Å²) in [4.78, 5) is 33.3. The maximum Gasteiger partial charge on any atom is 0.267 e. The highest BCUT2D eigenvalue weighted by Gasteiger charge is 2.23. The molecule has 11 heteroatoms. The number of rotatable bonds is 7. The van der Waals surface area contributed by atoms with E-state index in [0.717, 1.165) is 47.3 Å². The van der Waals surface area contributed by atoms with E-state index in [4.69, 9.17) is 9.72 Å². The lowest BCUT2D eigenvalue weighted by molar-refractivity contribution is -0.118. The van der Waals surface area contributed by atoms with Crippen LogP contribution >= 0.6 is 39.0 Å². The van der Waals surface area contributed by atoms with E-state index in [-0.39, 0.29) is 28.7 Å². The number of carbonyl (C=O) groups is 1. The molecule has 0 saturated carbocycles. The lowest BCUT2D eigenvalue weighted by Crippen LogP contribution is -2.24. The predicted molar refractivity (Wildman–Crippen MR) is 155 cm³/mol. The van der Waals surface area contributed by atoms with E-state index < -0.39 is 0 Å². The fourth-order valence-corrected chi connectivity index (χ4v) is 6.94. The average molecular weight is 614 g/mol. The summed E-state index contributed by atoms with van der Waals surface area (Å²) < 4.78 is 7.20. The van der Waals surface area contributed by atoms with Gasteiger partial charge in [-0.1, -0.05) is 29.5 Å². The highest BCUT2D eigenvalue weighted by molar-refractivity contribution is 9.10. The number of carbonyl (C=O) groups excluding carboxylic acids is 1. The number of thioether (sulfide) groups is 1. The van der Waals surface area contributed by atoms with Crippen molar-refractivity contribution in [3.63, 3.8) is 0 Å². The van der Waals surface area contributed by atoms with Crippen molar-refractivity contribution in [3.8, 4) is 17.2 Å². The molecule has 2 aromatic carbocycles. The number of phenols is 1. The van der Waals surface area contributed by atoms with Gasteiger partial charge in [-0.05, 0) is 83.9 Å². The molecule has 0 radical (unpaired) electrons. The number of benzene rings is 2. The molecule has 5 rings (SSSR count). The summed E-state index contributed by atoms with van der Waals surface area (Å²) in [5, 5.41) is 15.1. The number of halogens is 1. The molecule has 196 valence electrons. The highest BCUT2D eigenvalue weighted by Crippen LogP contribution is 2.36. The van der Waals surface area contributed by atoms with Crippen LogP contribution < -0.4 is 15.7 Å². The molecule has 0 bridgehead atoms. The van der Waals surface area contributed by atoms with E-state index in [2.05, 4.69) is 26.5 Å². The minimum Gasteiger partial charge on any atom is -0.503 e. The van der Waals surface area contributed by atoms with E-state index in [1.165, 1.54) is 30.0 Å². The molecule has 38 heavy (non-hydrogen) atoms. The third-order valence-electron chi connectivity index (χ3n) is 6.26. The van der Waals surface area contributed by atoms with Gasteiger partial charge >= 0.3 is 0 Å². The van der Waals surface area contributed by atoms with Crippen LogP contribution in [0.15, 0.2) is 55.9 Å². The predicted octanol–water partition coefficient (Wildman–Crippen LogP) is 5.35. The topological polar surface area (TPSA) is 106 Å². The molecule has 0 spiro atoms. The maximum absolute atomic E-state index is 13.8. The fraction of sp³-hybridized carbons (Fsp3) is 0.259. The molecule has 2 heterocycles. The van der Waals surface area contributed by atoms with Crippen LogP contribution in [0.2, 0.25) is 0 Å². The van der Waals surface area contributed by atoms with E-state index in [1.54, 1.807) is 28.0 Å². The quantitative estimate of drug-likeness (QED) is 0.126. The average Bonchev–Trinajstić information content (AvgIpc) is 3.29. The van der Waals surface area contributed by atoms with Gasteiger partial charge < -0.3 is 9.84 Å². The van der Waals surface area contributed by atoms with Gasteiger partial charge in [0, 0.05) is 4.88 Å². The van der Waals surface area contributed by atoms with Crippen LogP contribution in [0.1, 0.15) is 34.4 Å². The molecule has 0 saturated heterocycles. The zero-order valence-corrected chi connectivity index (χ0v) is 24.0. The Bertz CT molecular complexity index is 1610. The number of hydrogen-bond acceptors (Lipinski definition) is 8. The van der Waals surface area contributed by atoms with Crippen LogP contribution in [-0.4, -0.2) is 39.6 Å². The SMILES string of the molecule is COc1cc(/C=N/NC(=O)CSc2nc3sc4c(c3c(=O)n2-c2ccc(C)cc2)CCCC4)cc(Br)c1O. The number of nitrogens with zero attached hydrogens (tertiary/aromatic N) is 3. The second-order valence-corrected chi connectivity index (χ2v) is 11.8. The van der Waals surface area contributed by atoms with Crippen LogP contribution in [0.4, 0.5) is 0 Å². The van der Waals surface area contributed by atoms with E-state index >= 15 is 0 Å². The lowest BCUT2D eigenvalue weighted by atomic mass is 9.97. The Morgan fingerprint density at radius 3 is 2.82 bits per heavy atom. The molecule has 0 atom stereocenters. The van der Waals surface area contributed by atoms with Gasteiger partial charge in [0.25, 0.3) is 11.5 Å². The first-order chi connectivity index (χ1) is 18.4. The summed E-state index contributed by atoms with van der Waals surface area (Å²) in [6.07, 6.45) is 5.54. The van der Waals surface area contributed by atoms with E-state index in [0.29, 0.717) is 20.6 Å². The Kier molecular flexibility index (Phi) is 7.87. The third kappa shape index (κ3) is 5.36. The minimum absolute atomic E-state index is 0.0132. The first-order valence-electron chi connectivity index (χ1n) is 12.0. The van der Waals surface area contributed by atoms with Crippen molar-refractivity contribution in [3.05, 3.63) is 72.8 Å². The molecule has 2 N–H and O–H groups in total. The number of thiophene rings is 1. The molecule has 0 aliphatic heterocycles. The molecule has 0 unspecified atom stereocenters. The first kappa shape index (κ1) is 26.5. The molecule has 1 amide bonds. The smallest absolute Gasteiger partial charge is 0.267 e. The number of nitrogens with one attached hydrogen (secondary N) is 1. The Hall–Kier alpha value is -3.15. The molecular formula is C27H25BrN4O4S2. The summed E-state index contributed by atoms with van der Waals surface area (Å²) in [7, 11) is 1.45. The monoisotopic (exact) mass is 612 g/mol. The van der Waals surface area contributed by atoms with E-state index in [1.807, 2.05) is 31.2 Å². The standard InChI is InChI=1S/C27H25BrN4O4S2/c1-15-7-9-17(10-8-15)32-26(35)23-18-5-3-4-6-21(18)38-25(23)30-27(32)37-14-22(33)31-29-13-16-11-19(28)24(34)20(12-16)36-2/h7-13,34H,3-6,14H2,1-2H3,(H,31,33)/b29-13+. The minimum atomic E-state index is -0.341. The zero-order chi connectivity index (χ0) is 26.8. The van der Waals surface area contributed by atoms with E-state index in [9.17, 15) is 14.7 Å². The van der Waals surface area contributed by atoms with Gasteiger partial charge in [0.15, 0.2) is 16.7 Å². The van der Waals surface area contributed by atoms with Crippen molar-refractivity contribution in [1.29, 1.82) is 0 Å². The van der Waals surface area contributed by atoms with Crippen molar-refractivity contribution in [2.45, 2.75) is 37.8 Å². The largest absolute Gasteiger partial charge is 0.503 e. The van der Waals surface area contributed by atoms with Crippen molar-refractivity contribution >= 4 is 61.4 Å². The number of aryl methyl sites for hydroxylation is 3. The third-order valence-corrected chi connectivity index (χ3v) is 8.98. The molecular weight excluding hydrogens is 588 g/mol. The van der Waals surface area contributed by atoms with Gasteiger partial charge in [0.1, 0.15) is 4.83 Å². The van der Waals surface area contributed by atoms with Crippen LogP contribution in [0, 0.1) is 6.92 Å². The number of aromatic nitrogens is 2. The Labute approximate surface area is 235 Å². The van der Waals surface area contributed by atoms with Gasteiger partial charge in [-0.15, -0.1) is 11.3 Å². The molecule has 0 fully saturated rings. The molecule has 1 aliphatic carbocycles. The summed E-state index contributed by atoms with van der Waals surface area (Å²) in [6.45, 7) is 2.00. The second kappa shape index (κ2) is 11.3. The van der Waals surface area contributed by atoms with Gasteiger partial charge in [-0.3, -0.25) is 14.2 Å². The number of hydrogen-bond donors (Lipinski definition) is 2. The molecule has 8 nitrogen and oxygen atoms in total. The van der Waals surface area contributed by atoms with Gasteiger partial charge in [-0.2, -0.15) is 5.10 Å². The van der Waals surface area contributed by atoms with Crippen LogP contribution in [0.25, 0.3) is 15.9 Å². The molecule has 1 aliphatic rings. The van der Waals surface area contributed by atoms with Crippen molar-refractivity contribution in [2.24, 2.45) is 5.10 Å². The lowest BCUT2D eigenvalue weighted by Gasteiger charge is -2.13. The van der Waals surface area contributed by atoms with Crippen molar-refractivity contribution in [1.82, 2.24) is 15.0 Å². The summed E-state index contributed by atoms with van der Waals surface area (Å²) in [5.41, 5.74) is 5.99. The normalized spacial score (nSPS) is 13.1. The van der Waals surface area contributed by atoms with Gasteiger partial charge in [0.2, 0.25) is 0 Å². The van der Waals surface area contributed by atoms with Crippen molar-refractivity contribution in [2.75, 3.05) is 12.9 Å². The number of fused-ring (bicyclic) bond motifs is 3. The number of ether oxygens (including phenoxy) is 1. The number of phenolic OH excluding ortho intramolecular Hbond substituents is 1. The summed E-state index contributed by atoms with van der Waals surface area (Å²) in [6, 6.07) is 11.0.